The number of likely N-dealkylation sites (tertiary alicyclic amines) is 1. The molecule has 3 aromatic rings. The van der Waals surface area contributed by atoms with Crippen LogP contribution in [-0.2, 0) is 4.79 Å². The first kappa shape index (κ1) is 26.3. The van der Waals surface area contributed by atoms with Gasteiger partial charge in [-0.05, 0) is 43.8 Å². The van der Waals surface area contributed by atoms with Crippen molar-refractivity contribution in [3.05, 3.63) is 59.8 Å². The Balaban J connectivity index is 0.000000623. The van der Waals surface area contributed by atoms with Gasteiger partial charge in [0.15, 0.2) is 0 Å². The number of ether oxygens (including phenoxy) is 3. The number of carboxylic acids is 1. The van der Waals surface area contributed by atoms with E-state index in [1.165, 1.54) is 0 Å². The Bertz CT molecular complexity index is 1130. The summed E-state index contributed by atoms with van der Waals surface area (Å²) in [4.78, 5) is 16.3. The molecule has 186 valence electrons. The van der Waals surface area contributed by atoms with Gasteiger partial charge in [-0.3, -0.25) is 9.78 Å². The van der Waals surface area contributed by atoms with Gasteiger partial charge in [-0.2, -0.15) is 0 Å². The lowest BCUT2D eigenvalue weighted by molar-refractivity contribution is -0.136. The summed E-state index contributed by atoms with van der Waals surface area (Å²) >= 11 is 6.45. The molecule has 1 atom stereocenters. The molecule has 4 rings (SSSR count). The number of benzene rings is 2. The van der Waals surface area contributed by atoms with E-state index in [0.717, 1.165) is 53.4 Å². The molecule has 0 spiro atoms. The molecule has 8 heteroatoms. The van der Waals surface area contributed by atoms with E-state index in [-0.39, 0.29) is 12.5 Å². The van der Waals surface area contributed by atoms with Gasteiger partial charge in [0.1, 0.15) is 23.4 Å². The zero-order chi connectivity index (χ0) is 25.4. The second-order valence-electron chi connectivity index (χ2n) is 8.12. The van der Waals surface area contributed by atoms with Crippen molar-refractivity contribution in [3.63, 3.8) is 0 Å². The van der Waals surface area contributed by atoms with E-state index in [2.05, 4.69) is 16.9 Å². The Labute approximate surface area is 211 Å². The third-order valence-corrected chi connectivity index (χ3v) is 5.97. The molecule has 2 heterocycles. The van der Waals surface area contributed by atoms with Crippen LogP contribution in [0.2, 0.25) is 5.02 Å². The molecule has 0 aliphatic carbocycles. The topological polar surface area (TPSA) is 81.1 Å². The highest BCUT2D eigenvalue weighted by molar-refractivity contribution is 6.32. The fourth-order valence-corrected chi connectivity index (χ4v) is 4.03. The van der Waals surface area contributed by atoms with Crippen LogP contribution in [-0.4, -0.2) is 61.4 Å². The molecule has 1 fully saturated rings. The zero-order valence-corrected chi connectivity index (χ0v) is 21.2. The van der Waals surface area contributed by atoms with E-state index in [1.807, 2.05) is 48.5 Å². The highest BCUT2D eigenvalue weighted by Gasteiger charge is 2.23. The Kier molecular flexibility index (Phi) is 9.34. The Morgan fingerprint density at radius 3 is 2.37 bits per heavy atom. The zero-order valence-electron chi connectivity index (χ0n) is 20.5. The number of hydrogen-bond donors (Lipinski definition) is 1. The first-order valence-corrected chi connectivity index (χ1v) is 11.8. The molecule has 1 aliphatic heterocycles. The van der Waals surface area contributed by atoms with Gasteiger partial charge in [0, 0.05) is 36.8 Å². The SMILES string of the molecule is CCC(=O)O.COc1cccc(OC)c1-c1cccnc1-c1ccc(Cl)c(OC2CCN(C)C2)c1. The predicted octanol–water partition coefficient (Wildman–Crippen LogP) is 5.65. The normalized spacial score (nSPS) is 15.2. The van der Waals surface area contributed by atoms with Crippen molar-refractivity contribution in [2.45, 2.75) is 25.9 Å². The molecular formula is C27H31ClN2O5. The van der Waals surface area contributed by atoms with Crippen molar-refractivity contribution in [2.24, 2.45) is 0 Å². The van der Waals surface area contributed by atoms with Gasteiger partial charge in [0.25, 0.3) is 0 Å². The minimum Gasteiger partial charge on any atom is -0.496 e. The number of hydrogen-bond acceptors (Lipinski definition) is 6. The molecule has 35 heavy (non-hydrogen) atoms. The molecule has 0 saturated carbocycles. The average molecular weight is 499 g/mol. The number of methoxy groups -OCH3 is 2. The highest BCUT2D eigenvalue weighted by Crippen LogP contribution is 2.43. The molecule has 0 bridgehead atoms. The van der Waals surface area contributed by atoms with Crippen molar-refractivity contribution in [1.29, 1.82) is 0 Å². The van der Waals surface area contributed by atoms with Gasteiger partial charge in [-0.15, -0.1) is 0 Å². The summed E-state index contributed by atoms with van der Waals surface area (Å²) in [6, 6.07) is 15.5. The molecule has 1 unspecified atom stereocenters. The molecule has 1 saturated heterocycles. The number of likely N-dealkylation sites (N-methyl/N-ethyl adjacent to an activating group) is 1. The first-order valence-electron chi connectivity index (χ1n) is 11.4. The van der Waals surface area contributed by atoms with E-state index in [0.29, 0.717) is 10.8 Å². The van der Waals surface area contributed by atoms with Crippen LogP contribution in [0.1, 0.15) is 19.8 Å². The van der Waals surface area contributed by atoms with Crippen molar-refractivity contribution in [1.82, 2.24) is 9.88 Å². The maximum absolute atomic E-state index is 9.37. The van der Waals surface area contributed by atoms with Gasteiger partial charge < -0.3 is 24.2 Å². The highest BCUT2D eigenvalue weighted by atomic mass is 35.5. The Hall–Kier alpha value is -3.29. The molecule has 0 radical (unpaired) electrons. The summed E-state index contributed by atoms with van der Waals surface area (Å²) < 4.78 is 17.5. The van der Waals surface area contributed by atoms with Crippen LogP contribution < -0.4 is 14.2 Å². The summed E-state index contributed by atoms with van der Waals surface area (Å²) in [5, 5.41) is 8.32. The summed E-state index contributed by atoms with van der Waals surface area (Å²) in [6.45, 7) is 3.52. The summed E-state index contributed by atoms with van der Waals surface area (Å²) in [5.74, 6) is 1.38. The average Bonchev–Trinajstić information content (AvgIpc) is 3.29. The van der Waals surface area contributed by atoms with Gasteiger partial charge in [-0.25, -0.2) is 0 Å². The Morgan fingerprint density at radius 2 is 1.80 bits per heavy atom. The van der Waals surface area contributed by atoms with Crippen molar-refractivity contribution in [3.8, 4) is 39.6 Å². The fourth-order valence-electron chi connectivity index (χ4n) is 3.87. The minimum atomic E-state index is -0.745. The molecular weight excluding hydrogens is 468 g/mol. The fraction of sp³-hybridized carbons (Fsp3) is 0.333. The van der Waals surface area contributed by atoms with Crippen LogP contribution in [0, 0.1) is 0 Å². The largest absolute Gasteiger partial charge is 0.496 e. The van der Waals surface area contributed by atoms with E-state index in [9.17, 15) is 4.79 Å². The molecule has 1 aromatic heterocycles. The number of carboxylic acid groups (broad SMARTS) is 1. The molecule has 0 amide bonds. The quantitative estimate of drug-likeness (QED) is 0.450. The van der Waals surface area contributed by atoms with Crippen molar-refractivity contribution in [2.75, 3.05) is 34.4 Å². The molecule has 2 aromatic carbocycles. The van der Waals surface area contributed by atoms with Crippen molar-refractivity contribution >= 4 is 17.6 Å². The van der Waals surface area contributed by atoms with E-state index in [1.54, 1.807) is 27.3 Å². The first-order chi connectivity index (χ1) is 16.9. The van der Waals surface area contributed by atoms with Gasteiger partial charge in [0.05, 0.1) is 30.5 Å². The number of rotatable bonds is 7. The Morgan fingerprint density at radius 1 is 1.11 bits per heavy atom. The maximum atomic E-state index is 9.37. The smallest absolute Gasteiger partial charge is 0.303 e. The lowest BCUT2D eigenvalue weighted by atomic mass is 9.97. The second-order valence-corrected chi connectivity index (χ2v) is 8.53. The number of aliphatic carboxylic acids is 1. The van der Waals surface area contributed by atoms with Crippen LogP contribution >= 0.6 is 11.6 Å². The molecule has 7 nitrogen and oxygen atoms in total. The lowest BCUT2D eigenvalue weighted by Crippen LogP contribution is -2.21. The van der Waals surface area contributed by atoms with Gasteiger partial charge >= 0.3 is 5.97 Å². The molecule has 1 N–H and O–H groups in total. The van der Waals surface area contributed by atoms with E-state index in [4.69, 9.17) is 30.9 Å². The van der Waals surface area contributed by atoms with Crippen LogP contribution in [0.3, 0.4) is 0 Å². The van der Waals surface area contributed by atoms with Crippen LogP contribution in [0.15, 0.2) is 54.7 Å². The standard InChI is InChI=1S/C24H25ClN2O3.C3H6O2/c1-27-13-11-17(15-27)30-22-14-16(9-10-19(22)25)24-18(6-5-12-26-24)23-20(28-2)7-4-8-21(23)29-3;1-2-3(4)5/h4-10,12,14,17H,11,13,15H2,1-3H3;2H2,1H3,(H,4,5). The van der Waals surface area contributed by atoms with Crippen LogP contribution in [0.25, 0.3) is 22.4 Å². The second kappa shape index (κ2) is 12.4. The number of aromatic nitrogens is 1. The number of halogens is 1. The summed E-state index contributed by atoms with van der Waals surface area (Å²) in [7, 11) is 5.41. The van der Waals surface area contributed by atoms with E-state index >= 15 is 0 Å². The number of nitrogens with zero attached hydrogens (tertiary/aromatic N) is 2. The summed E-state index contributed by atoms with van der Waals surface area (Å²) in [6.07, 6.45) is 3.13. The number of pyridine rings is 1. The third-order valence-electron chi connectivity index (χ3n) is 5.65. The van der Waals surface area contributed by atoms with Gasteiger partial charge in [-0.1, -0.05) is 36.7 Å². The third kappa shape index (κ3) is 6.65. The lowest BCUT2D eigenvalue weighted by Gasteiger charge is -2.18. The predicted molar refractivity (Wildman–Crippen MR) is 138 cm³/mol. The van der Waals surface area contributed by atoms with Crippen LogP contribution in [0.5, 0.6) is 17.2 Å². The van der Waals surface area contributed by atoms with Gasteiger partial charge in [0.2, 0.25) is 0 Å². The van der Waals surface area contributed by atoms with Crippen molar-refractivity contribution < 1.29 is 24.1 Å². The number of carbonyl (C=O) groups is 1. The monoisotopic (exact) mass is 498 g/mol. The summed E-state index contributed by atoms with van der Waals surface area (Å²) in [5.41, 5.74) is 3.51. The molecule has 1 aliphatic rings. The maximum Gasteiger partial charge on any atom is 0.303 e. The van der Waals surface area contributed by atoms with Crippen LogP contribution in [0.4, 0.5) is 0 Å². The van der Waals surface area contributed by atoms with E-state index < -0.39 is 5.97 Å². The minimum absolute atomic E-state index is 0.139.